The van der Waals surface area contributed by atoms with Crippen LogP contribution >= 0.6 is 0 Å². The van der Waals surface area contributed by atoms with Gasteiger partial charge in [-0.25, -0.2) is 0 Å². The Balaban J connectivity index is 1.51. The van der Waals surface area contributed by atoms with Crippen LogP contribution in [-0.2, 0) is 61.8 Å². The fourth-order valence-corrected chi connectivity index (χ4v) is 6.37. The summed E-state index contributed by atoms with van der Waals surface area (Å²) in [4.78, 5) is 49.9. The summed E-state index contributed by atoms with van der Waals surface area (Å²) >= 11 is 0. The van der Waals surface area contributed by atoms with Crippen molar-refractivity contribution in [2.45, 2.75) is 151 Å². The van der Waals surface area contributed by atoms with E-state index in [-0.39, 0.29) is 0 Å². The summed E-state index contributed by atoms with van der Waals surface area (Å²) < 4.78 is 48.9. The van der Waals surface area contributed by atoms with E-state index in [4.69, 9.17) is 42.6 Å². The van der Waals surface area contributed by atoms with Gasteiger partial charge in [0.15, 0.2) is 48.3 Å². The Hall–Kier alpha value is -2.00. The molecule has 8 unspecified atom stereocenters. The number of aliphatic hydroxyl groups excluding tert-OH is 8. The summed E-state index contributed by atoms with van der Waals surface area (Å²) in [7, 11) is 2.32. The van der Waals surface area contributed by atoms with Gasteiger partial charge in [0.2, 0.25) is 0 Å². The summed E-state index contributed by atoms with van der Waals surface area (Å²) in [5.74, 6) is -2.92. The SMILES string of the molecule is CO[C@@H]1O[C@@H](C(C)=O)[C@@H](O[C@@H]2OC(C(C)=O)[C@@H](O[C@@H]3O[C@@H](C(C)=O)[C@@H](O[C@@H]4OC(C(C)=O)[C@@H](OC)[C@@H](O)C4O)C(O)C3O)[C@H](O)C2O)C(O)C1O. The molecule has 4 fully saturated rings. The number of hydrogen-bond donors (Lipinski definition) is 8. The van der Waals surface area contributed by atoms with Gasteiger partial charge in [-0.15, -0.1) is 0 Å². The molecule has 21 heteroatoms. The minimum absolute atomic E-state index is 0.610. The second kappa shape index (κ2) is 17.0. The minimum Gasteiger partial charge on any atom is -0.387 e. The van der Waals surface area contributed by atoms with Crippen molar-refractivity contribution < 1.29 is 103 Å². The van der Waals surface area contributed by atoms with Gasteiger partial charge in [-0.2, -0.15) is 0 Å². The first-order chi connectivity index (χ1) is 23.9. The molecule has 0 aromatic carbocycles. The number of rotatable bonds is 12. The molecule has 8 N–H and O–H groups in total. The molecule has 4 heterocycles. The van der Waals surface area contributed by atoms with Gasteiger partial charge in [0, 0.05) is 14.2 Å². The molecule has 0 bridgehead atoms. The Morgan fingerprint density at radius 3 is 0.863 bits per heavy atom. The molecule has 4 saturated heterocycles. The number of methoxy groups -OCH3 is 2. The Bertz CT molecular complexity index is 1250. The van der Waals surface area contributed by atoms with Gasteiger partial charge in [-0.05, 0) is 27.7 Å². The van der Waals surface area contributed by atoms with E-state index in [0.29, 0.717) is 0 Å². The standard InChI is InChI=1S/C30H46O21/c1-7(31)19-23(43-5)11(35)16(40)28(46-19)50-25-13(37)18(42)30(48-21(25)9(3)33)51-26-14(38)17(41)29(47-22(26)10(4)34)49-24-12(36)15(39)27(44-6)45-20(24)8(2)32/h11-30,35-42H,1-6H3/t11-,12?,13?,14+,15?,16?,17?,18?,19?,20-,21-,22?,23-,24-,25-,26-,27+,28-,29-,30-/m0/s1. The van der Waals surface area contributed by atoms with E-state index in [9.17, 15) is 60.0 Å². The van der Waals surface area contributed by atoms with Gasteiger partial charge in [0.05, 0.1) is 0 Å². The van der Waals surface area contributed by atoms with E-state index in [1.807, 2.05) is 0 Å². The molecule has 0 amide bonds. The van der Waals surface area contributed by atoms with E-state index in [1.54, 1.807) is 0 Å². The third-order valence-electron chi connectivity index (χ3n) is 9.16. The normalized spacial score (nSPS) is 47.8. The number of carbonyl (C=O) groups is 4. The second-order valence-corrected chi connectivity index (χ2v) is 12.8. The lowest BCUT2D eigenvalue weighted by molar-refractivity contribution is -0.376. The maximum Gasteiger partial charge on any atom is 0.187 e. The third kappa shape index (κ3) is 8.39. The van der Waals surface area contributed by atoms with E-state index in [0.717, 1.165) is 34.8 Å². The van der Waals surface area contributed by atoms with Gasteiger partial charge >= 0.3 is 0 Å². The van der Waals surface area contributed by atoms with Gasteiger partial charge in [-0.3, -0.25) is 19.2 Å². The van der Waals surface area contributed by atoms with Crippen LogP contribution in [0.2, 0.25) is 0 Å². The van der Waals surface area contributed by atoms with Crippen LogP contribution in [0.1, 0.15) is 27.7 Å². The highest BCUT2D eigenvalue weighted by Gasteiger charge is 2.57. The largest absolute Gasteiger partial charge is 0.387 e. The van der Waals surface area contributed by atoms with Crippen LogP contribution in [0.3, 0.4) is 0 Å². The molecule has 20 atom stereocenters. The van der Waals surface area contributed by atoms with Crippen LogP contribution in [0.15, 0.2) is 0 Å². The van der Waals surface area contributed by atoms with Gasteiger partial charge < -0.3 is 83.5 Å². The van der Waals surface area contributed by atoms with Crippen molar-refractivity contribution in [3.8, 4) is 0 Å². The average molecular weight is 743 g/mol. The molecule has 292 valence electrons. The minimum atomic E-state index is -2.11. The summed E-state index contributed by atoms with van der Waals surface area (Å²) in [6.45, 7) is 4.24. The van der Waals surface area contributed by atoms with Crippen molar-refractivity contribution in [1.82, 2.24) is 0 Å². The van der Waals surface area contributed by atoms with Crippen molar-refractivity contribution in [3.63, 3.8) is 0 Å². The van der Waals surface area contributed by atoms with E-state index in [2.05, 4.69) is 0 Å². The van der Waals surface area contributed by atoms with E-state index < -0.39 is 146 Å². The zero-order valence-electron chi connectivity index (χ0n) is 28.4. The molecular formula is C30H46O21. The van der Waals surface area contributed by atoms with Crippen LogP contribution in [0.5, 0.6) is 0 Å². The zero-order chi connectivity index (χ0) is 38.2. The predicted octanol–water partition coefficient (Wildman–Crippen LogP) is -6.05. The van der Waals surface area contributed by atoms with Crippen molar-refractivity contribution in [1.29, 1.82) is 0 Å². The average Bonchev–Trinajstić information content (AvgIpc) is 3.07. The smallest absolute Gasteiger partial charge is 0.187 e. The van der Waals surface area contributed by atoms with Crippen molar-refractivity contribution in [2.24, 2.45) is 0 Å². The van der Waals surface area contributed by atoms with Crippen LogP contribution in [0.4, 0.5) is 0 Å². The summed E-state index contributed by atoms with van der Waals surface area (Å²) in [6.07, 6.45) is -35.9. The third-order valence-corrected chi connectivity index (χ3v) is 9.16. The molecule has 0 spiro atoms. The molecule has 51 heavy (non-hydrogen) atoms. The lowest BCUT2D eigenvalue weighted by Crippen LogP contribution is -2.68. The van der Waals surface area contributed by atoms with Gasteiger partial charge in [-0.1, -0.05) is 0 Å². The maximum absolute atomic E-state index is 12.7. The predicted molar refractivity (Wildman–Crippen MR) is 158 cm³/mol. The molecule has 21 nitrogen and oxygen atoms in total. The Morgan fingerprint density at radius 2 is 0.608 bits per heavy atom. The quantitative estimate of drug-likeness (QED) is 0.0922. The van der Waals surface area contributed by atoms with Crippen molar-refractivity contribution in [2.75, 3.05) is 14.2 Å². The number of aliphatic hydroxyl groups is 8. The summed E-state index contributed by atoms with van der Waals surface area (Å²) in [5.41, 5.74) is 0. The van der Waals surface area contributed by atoms with E-state index in [1.165, 1.54) is 7.11 Å². The first kappa shape index (κ1) is 41.8. The molecule has 0 aromatic rings. The second-order valence-electron chi connectivity index (χ2n) is 12.8. The first-order valence-electron chi connectivity index (χ1n) is 16.0. The highest BCUT2D eigenvalue weighted by Crippen LogP contribution is 2.35. The number of hydrogen-bond acceptors (Lipinski definition) is 21. The zero-order valence-corrected chi connectivity index (χ0v) is 28.4. The monoisotopic (exact) mass is 742 g/mol. The van der Waals surface area contributed by atoms with Crippen LogP contribution in [0, 0.1) is 0 Å². The van der Waals surface area contributed by atoms with Crippen molar-refractivity contribution in [3.05, 3.63) is 0 Å². The number of Topliss-reactive ketones (excluding diaryl/α,β-unsaturated/α-hetero) is 4. The Kier molecular flexibility index (Phi) is 13.9. The molecule has 0 radical (unpaired) electrons. The molecule has 4 aliphatic heterocycles. The first-order valence-corrected chi connectivity index (χ1v) is 16.0. The lowest BCUT2D eigenvalue weighted by atomic mass is 9.93. The Morgan fingerprint density at radius 1 is 0.373 bits per heavy atom. The highest BCUT2D eigenvalue weighted by molar-refractivity contribution is 5.82. The summed E-state index contributed by atoms with van der Waals surface area (Å²) in [5, 5.41) is 86.3. The van der Waals surface area contributed by atoms with Crippen LogP contribution in [-0.4, -0.2) is 201 Å². The number of ketones is 4. The van der Waals surface area contributed by atoms with Gasteiger partial charge in [0.1, 0.15) is 97.7 Å². The summed E-state index contributed by atoms with van der Waals surface area (Å²) in [6, 6.07) is 0. The number of carbonyl (C=O) groups excluding carboxylic acids is 4. The van der Waals surface area contributed by atoms with Crippen LogP contribution in [0.25, 0.3) is 0 Å². The molecule has 0 aromatic heterocycles. The van der Waals surface area contributed by atoms with Crippen molar-refractivity contribution >= 4 is 23.1 Å². The Labute approximate surface area is 290 Å². The molecule has 4 aliphatic rings. The fraction of sp³-hybridized carbons (Fsp3) is 0.867. The molecular weight excluding hydrogens is 696 g/mol. The fourth-order valence-electron chi connectivity index (χ4n) is 6.37. The molecule has 0 aliphatic carbocycles. The highest BCUT2D eigenvalue weighted by atomic mass is 16.8. The lowest BCUT2D eigenvalue weighted by Gasteiger charge is -2.48. The van der Waals surface area contributed by atoms with Crippen LogP contribution < -0.4 is 0 Å². The number of ether oxygens (including phenoxy) is 9. The molecule has 0 saturated carbocycles. The molecule has 4 rings (SSSR count). The maximum atomic E-state index is 12.7. The van der Waals surface area contributed by atoms with E-state index >= 15 is 0 Å². The topological polar surface area (TPSA) is 313 Å². The van der Waals surface area contributed by atoms with Gasteiger partial charge in [0.25, 0.3) is 0 Å².